The van der Waals surface area contributed by atoms with E-state index in [1.807, 2.05) is 52.0 Å². The fourth-order valence-corrected chi connectivity index (χ4v) is 9.05. The van der Waals surface area contributed by atoms with Gasteiger partial charge in [0, 0.05) is 12.6 Å². The van der Waals surface area contributed by atoms with Crippen molar-refractivity contribution < 1.29 is 0 Å². The molecule has 0 spiro atoms. The predicted molar refractivity (Wildman–Crippen MR) is 308 cm³/mol. The van der Waals surface area contributed by atoms with Crippen molar-refractivity contribution in [1.82, 2.24) is 4.90 Å². The average molecular weight is 905 g/mol. The van der Waals surface area contributed by atoms with Gasteiger partial charge in [-0.2, -0.15) is 0 Å². The van der Waals surface area contributed by atoms with Gasteiger partial charge in [0.05, 0.1) is 6.54 Å². The van der Waals surface area contributed by atoms with E-state index >= 15 is 0 Å². The van der Waals surface area contributed by atoms with Crippen molar-refractivity contribution in [2.75, 3.05) is 13.1 Å². The summed E-state index contributed by atoms with van der Waals surface area (Å²) >= 11 is 0. The minimum atomic E-state index is 0.148. The van der Waals surface area contributed by atoms with E-state index < -0.39 is 0 Å². The van der Waals surface area contributed by atoms with Gasteiger partial charge in [-0.25, -0.2) is 0 Å². The molecule has 0 fully saturated rings. The molecule has 350 valence electrons. The summed E-state index contributed by atoms with van der Waals surface area (Å²) in [5.41, 5.74) is 15.6. The van der Waals surface area contributed by atoms with Gasteiger partial charge < -0.3 is 4.90 Å². The van der Waals surface area contributed by atoms with E-state index in [9.17, 15) is 0 Å². The topological polar surface area (TPSA) is 15.6 Å². The number of allylic oxidation sites excluding steroid dienone is 28. The molecule has 2 aromatic rings. The normalized spacial score (nSPS) is 19.0. The number of fused-ring (bicyclic) bond motifs is 3. The minimum Gasteiger partial charge on any atom is -0.347 e. The Balaban J connectivity index is 0.00000142. The molecule has 1 heterocycles. The summed E-state index contributed by atoms with van der Waals surface area (Å²) in [4.78, 5) is 7.59. The first kappa shape index (κ1) is 52.5. The Morgan fingerprint density at radius 2 is 1.33 bits per heavy atom. The highest BCUT2D eigenvalue weighted by molar-refractivity contribution is 5.99. The Bertz CT molecular complexity index is 2860. The Morgan fingerprint density at radius 1 is 0.609 bits per heavy atom. The van der Waals surface area contributed by atoms with Crippen molar-refractivity contribution in [1.29, 1.82) is 0 Å². The van der Waals surface area contributed by atoms with Gasteiger partial charge in [0.1, 0.15) is 5.84 Å². The maximum absolute atomic E-state index is 5.18. The van der Waals surface area contributed by atoms with Crippen LogP contribution in [0.2, 0.25) is 0 Å². The lowest BCUT2D eigenvalue weighted by Gasteiger charge is -2.30. The fourth-order valence-electron chi connectivity index (χ4n) is 9.05. The fraction of sp³-hybridized carbons (Fsp3) is 0.209. The van der Waals surface area contributed by atoms with Crippen LogP contribution in [0, 0.1) is 12.8 Å². The Labute approximate surface area is 415 Å². The van der Waals surface area contributed by atoms with Crippen LogP contribution in [-0.4, -0.2) is 29.9 Å². The summed E-state index contributed by atoms with van der Waals surface area (Å²) in [6.45, 7) is 19.3. The standard InChI is InChI=1S/C61H58N2.2C2H6.C2H2/c1-4-6-8-13-22-46(3)63-45-19-10-9-18-44-62-61(63)54-29-21-27-50(36-39-54)51-40-42-57-58(43-41-51)60(53-37-34-48-25-16-17-26-49(48)35-38-53)56-31-15-11-14-30-55(56)59(57)52-28-20-24-47(32-33-52)23-12-7-5-2;3*1-2/h4-14,16-23,25-28,30-31,33-34,36-42,46H,1-2,15,24,29,32,35,43-45H2,3H3;2*1-2H3;1-2H/b8-6-,12-7-,18-9-,19-10-,22-13-,47-23-,62-61?;;;. The van der Waals surface area contributed by atoms with Crippen LogP contribution in [-0.2, 0) is 12.8 Å². The first-order valence-electron chi connectivity index (χ1n) is 24.9. The summed E-state index contributed by atoms with van der Waals surface area (Å²) in [5, 5.41) is 2.62. The second-order valence-electron chi connectivity index (χ2n) is 16.4. The quantitative estimate of drug-likeness (QED) is 0.171. The molecule has 0 bridgehead atoms. The smallest absolute Gasteiger partial charge is 0.128 e. The first-order valence-corrected chi connectivity index (χ1v) is 24.9. The van der Waals surface area contributed by atoms with Crippen molar-refractivity contribution in [2.24, 2.45) is 4.99 Å². The van der Waals surface area contributed by atoms with Crippen molar-refractivity contribution in [3.63, 3.8) is 0 Å². The molecular formula is C67H72N2. The number of aliphatic imine (C=N–C) groups is 1. The van der Waals surface area contributed by atoms with E-state index in [1.165, 1.54) is 77.3 Å². The molecule has 2 heteroatoms. The van der Waals surface area contributed by atoms with Gasteiger partial charge in [-0.1, -0.05) is 253 Å². The van der Waals surface area contributed by atoms with Crippen LogP contribution in [0.25, 0.3) is 35.5 Å². The first-order chi connectivity index (χ1) is 34.1. The second kappa shape index (κ2) is 28.6. The van der Waals surface area contributed by atoms with Gasteiger partial charge in [0.15, 0.2) is 0 Å². The Hall–Kier alpha value is -7.47. The van der Waals surface area contributed by atoms with E-state index in [4.69, 9.17) is 4.99 Å². The van der Waals surface area contributed by atoms with Crippen LogP contribution < -0.4 is 10.4 Å². The van der Waals surface area contributed by atoms with Gasteiger partial charge in [-0.3, -0.25) is 4.99 Å². The SMILES string of the molecule is C#C.C=C/C=C\C=C/C(C)N1C/C=C\C=C/CN=C1C1=CC=C(C2=CCc3c(c(C4=CC/C(=C\C=C/C=C)CC=C4)c4c(c3C3=CCc5ccccc5C=C3)=CCC=CC=4)C=C2)C=CC1.CC.CC. The number of hydrogen-bond acceptors (Lipinski definition) is 2. The average Bonchev–Trinajstić information content (AvgIpc) is 4.00. The molecule has 1 atom stereocenters. The van der Waals surface area contributed by atoms with Crippen LogP contribution in [0.4, 0.5) is 0 Å². The van der Waals surface area contributed by atoms with Crippen LogP contribution in [0.5, 0.6) is 0 Å². The molecule has 0 N–H and O–H groups in total. The highest BCUT2D eigenvalue weighted by atomic mass is 15.2. The van der Waals surface area contributed by atoms with E-state index in [0.29, 0.717) is 6.54 Å². The highest BCUT2D eigenvalue weighted by Crippen LogP contribution is 2.35. The van der Waals surface area contributed by atoms with Gasteiger partial charge in [-0.15, -0.1) is 12.8 Å². The molecule has 69 heavy (non-hydrogen) atoms. The summed E-state index contributed by atoms with van der Waals surface area (Å²) in [5.74, 6) is 1.04. The zero-order valence-corrected chi connectivity index (χ0v) is 41.8. The maximum atomic E-state index is 5.18. The van der Waals surface area contributed by atoms with Crippen molar-refractivity contribution >= 4 is 41.3 Å². The summed E-state index contributed by atoms with van der Waals surface area (Å²) < 4.78 is 0. The summed E-state index contributed by atoms with van der Waals surface area (Å²) in [6.07, 6.45) is 80.2. The molecule has 6 aliphatic rings. The minimum absolute atomic E-state index is 0.148. The van der Waals surface area contributed by atoms with E-state index in [-0.39, 0.29) is 6.04 Å². The van der Waals surface area contributed by atoms with E-state index in [2.05, 4.69) is 214 Å². The Morgan fingerprint density at radius 3 is 2.17 bits per heavy atom. The zero-order chi connectivity index (χ0) is 49.2. The lowest BCUT2D eigenvalue weighted by molar-refractivity contribution is 0.413. The monoisotopic (exact) mass is 905 g/mol. The second-order valence-corrected chi connectivity index (χ2v) is 16.4. The van der Waals surface area contributed by atoms with Gasteiger partial charge >= 0.3 is 0 Å². The number of terminal acetylenes is 1. The largest absolute Gasteiger partial charge is 0.347 e. The molecule has 0 amide bonds. The van der Waals surface area contributed by atoms with Crippen molar-refractivity contribution in [3.8, 4) is 12.8 Å². The van der Waals surface area contributed by atoms with Crippen LogP contribution in [0.1, 0.15) is 93.7 Å². The molecule has 1 unspecified atom stereocenters. The molecule has 2 aromatic carbocycles. The van der Waals surface area contributed by atoms with Gasteiger partial charge in [0.2, 0.25) is 0 Å². The lowest BCUT2D eigenvalue weighted by atomic mass is 9.83. The van der Waals surface area contributed by atoms with E-state index in [0.717, 1.165) is 50.9 Å². The van der Waals surface area contributed by atoms with Gasteiger partial charge in [0.25, 0.3) is 0 Å². The Kier molecular flexibility index (Phi) is 21.8. The molecule has 8 rings (SSSR count). The zero-order valence-electron chi connectivity index (χ0n) is 41.8. The van der Waals surface area contributed by atoms with E-state index in [1.54, 1.807) is 6.08 Å². The third-order valence-corrected chi connectivity index (χ3v) is 12.3. The highest BCUT2D eigenvalue weighted by Gasteiger charge is 2.23. The third-order valence-electron chi connectivity index (χ3n) is 12.3. The van der Waals surface area contributed by atoms with Crippen LogP contribution in [0.15, 0.2) is 223 Å². The lowest BCUT2D eigenvalue weighted by Crippen LogP contribution is -2.39. The van der Waals surface area contributed by atoms with Crippen LogP contribution in [0.3, 0.4) is 0 Å². The molecule has 2 nitrogen and oxygen atoms in total. The number of rotatable bonds is 10. The molecule has 0 radical (unpaired) electrons. The summed E-state index contributed by atoms with van der Waals surface area (Å²) in [7, 11) is 0. The van der Waals surface area contributed by atoms with Gasteiger partial charge in [-0.05, 0) is 117 Å². The third kappa shape index (κ3) is 13.8. The molecular weight excluding hydrogens is 833 g/mol. The van der Waals surface area contributed by atoms with Crippen LogP contribution >= 0.6 is 0 Å². The number of benzene rings is 2. The molecule has 1 aliphatic heterocycles. The molecule has 5 aliphatic carbocycles. The number of amidine groups is 1. The summed E-state index contributed by atoms with van der Waals surface area (Å²) in [6, 6.07) is 8.95. The van der Waals surface area contributed by atoms with Crippen molar-refractivity contribution in [3.05, 3.63) is 262 Å². The molecule has 0 saturated carbocycles. The number of hydrogen-bond donors (Lipinski definition) is 0. The van der Waals surface area contributed by atoms with Crippen molar-refractivity contribution in [2.45, 2.75) is 79.2 Å². The number of nitrogens with zero attached hydrogens (tertiary/aromatic N) is 2. The maximum Gasteiger partial charge on any atom is 0.128 e. The molecule has 0 aromatic heterocycles. The molecule has 0 saturated heterocycles. The predicted octanol–water partition coefficient (Wildman–Crippen LogP) is 15.4.